The predicted octanol–water partition coefficient (Wildman–Crippen LogP) is 3.17. The van der Waals surface area contributed by atoms with Crippen molar-refractivity contribution in [2.24, 2.45) is 5.10 Å². The standard InChI is InChI=1S/C12H9ClN2OS/c13-10-5-3-9(4-6-10)12(16)15-14-8-11-2-1-7-17-11/h1-8H,(H,15,16). The van der Waals surface area contributed by atoms with E-state index in [2.05, 4.69) is 10.5 Å². The van der Waals surface area contributed by atoms with Crippen LogP contribution in [-0.4, -0.2) is 12.1 Å². The van der Waals surface area contributed by atoms with E-state index in [4.69, 9.17) is 11.6 Å². The Balaban J connectivity index is 1.96. The lowest BCUT2D eigenvalue weighted by molar-refractivity contribution is 0.0955. The van der Waals surface area contributed by atoms with E-state index in [1.165, 1.54) is 0 Å². The van der Waals surface area contributed by atoms with E-state index >= 15 is 0 Å². The Hall–Kier alpha value is -1.65. The van der Waals surface area contributed by atoms with Crippen LogP contribution in [0, 0.1) is 0 Å². The average Bonchev–Trinajstić information content (AvgIpc) is 2.83. The predicted molar refractivity (Wildman–Crippen MR) is 70.8 cm³/mol. The molecule has 0 unspecified atom stereocenters. The van der Waals surface area contributed by atoms with E-state index in [-0.39, 0.29) is 5.91 Å². The number of nitrogens with one attached hydrogen (secondary N) is 1. The maximum absolute atomic E-state index is 11.6. The summed E-state index contributed by atoms with van der Waals surface area (Å²) in [6.07, 6.45) is 1.61. The third-order valence-corrected chi connectivity index (χ3v) is 3.07. The molecule has 86 valence electrons. The molecule has 0 atom stereocenters. The quantitative estimate of drug-likeness (QED) is 0.671. The van der Waals surface area contributed by atoms with Crippen LogP contribution in [0.2, 0.25) is 5.02 Å². The molecule has 17 heavy (non-hydrogen) atoms. The molecule has 1 N–H and O–H groups in total. The van der Waals surface area contributed by atoms with Crippen LogP contribution in [-0.2, 0) is 0 Å². The third kappa shape index (κ3) is 3.41. The van der Waals surface area contributed by atoms with Crippen LogP contribution < -0.4 is 5.43 Å². The summed E-state index contributed by atoms with van der Waals surface area (Å²) in [6, 6.07) is 10.5. The Kier molecular flexibility index (Phi) is 3.90. The Morgan fingerprint density at radius 3 is 2.71 bits per heavy atom. The van der Waals surface area contributed by atoms with Crippen molar-refractivity contribution in [2.45, 2.75) is 0 Å². The fourth-order valence-electron chi connectivity index (χ4n) is 1.19. The zero-order valence-corrected chi connectivity index (χ0v) is 10.3. The highest BCUT2D eigenvalue weighted by Gasteiger charge is 2.02. The van der Waals surface area contributed by atoms with Crippen LogP contribution >= 0.6 is 22.9 Å². The molecule has 0 bridgehead atoms. The average molecular weight is 265 g/mol. The first-order valence-electron chi connectivity index (χ1n) is 4.88. The second-order valence-corrected chi connectivity index (χ2v) is 4.64. The summed E-state index contributed by atoms with van der Waals surface area (Å²) in [7, 11) is 0. The van der Waals surface area contributed by atoms with Gasteiger partial charge in [-0.2, -0.15) is 5.10 Å². The van der Waals surface area contributed by atoms with Gasteiger partial charge in [0, 0.05) is 15.5 Å². The first kappa shape index (κ1) is 11.8. The summed E-state index contributed by atoms with van der Waals surface area (Å²) >= 11 is 7.28. The highest BCUT2D eigenvalue weighted by molar-refractivity contribution is 7.11. The molecule has 0 aliphatic rings. The topological polar surface area (TPSA) is 41.5 Å². The van der Waals surface area contributed by atoms with Crippen molar-refractivity contribution in [2.75, 3.05) is 0 Å². The van der Waals surface area contributed by atoms with E-state index in [0.29, 0.717) is 10.6 Å². The molecule has 0 aliphatic heterocycles. The van der Waals surface area contributed by atoms with Crippen molar-refractivity contribution in [3.05, 3.63) is 57.2 Å². The van der Waals surface area contributed by atoms with Crippen LogP contribution in [0.1, 0.15) is 15.2 Å². The van der Waals surface area contributed by atoms with Crippen molar-refractivity contribution in [1.29, 1.82) is 0 Å². The van der Waals surface area contributed by atoms with E-state index in [1.54, 1.807) is 41.8 Å². The lowest BCUT2D eigenvalue weighted by Gasteiger charge is -1.98. The lowest BCUT2D eigenvalue weighted by atomic mass is 10.2. The van der Waals surface area contributed by atoms with Gasteiger partial charge in [0.25, 0.3) is 5.91 Å². The normalized spacial score (nSPS) is 10.6. The van der Waals surface area contributed by atoms with Gasteiger partial charge in [-0.1, -0.05) is 17.7 Å². The van der Waals surface area contributed by atoms with Crippen LogP contribution in [0.3, 0.4) is 0 Å². The number of carbonyl (C=O) groups excluding carboxylic acids is 1. The molecule has 0 radical (unpaired) electrons. The van der Waals surface area contributed by atoms with Gasteiger partial charge in [0.2, 0.25) is 0 Å². The Bertz CT molecular complexity index is 520. The molecular weight excluding hydrogens is 256 g/mol. The van der Waals surface area contributed by atoms with Gasteiger partial charge < -0.3 is 0 Å². The molecule has 2 rings (SSSR count). The Morgan fingerprint density at radius 2 is 2.06 bits per heavy atom. The van der Waals surface area contributed by atoms with Crippen molar-refractivity contribution in [3.63, 3.8) is 0 Å². The van der Waals surface area contributed by atoms with Crippen molar-refractivity contribution >= 4 is 35.1 Å². The van der Waals surface area contributed by atoms with Gasteiger partial charge in [-0.25, -0.2) is 5.43 Å². The molecule has 1 aromatic heterocycles. The van der Waals surface area contributed by atoms with E-state index in [1.807, 2.05) is 17.5 Å². The number of rotatable bonds is 3. The molecule has 1 aromatic carbocycles. The molecular formula is C12H9ClN2OS. The molecule has 1 amide bonds. The molecule has 5 heteroatoms. The summed E-state index contributed by atoms with van der Waals surface area (Å²) in [5.41, 5.74) is 2.98. The maximum atomic E-state index is 11.6. The molecule has 0 spiro atoms. The number of hydrogen-bond acceptors (Lipinski definition) is 3. The monoisotopic (exact) mass is 264 g/mol. The minimum atomic E-state index is -0.255. The van der Waals surface area contributed by atoms with Gasteiger partial charge in [-0.3, -0.25) is 4.79 Å². The largest absolute Gasteiger partial charge is 0.271 e. The summed E-state index contributed by atoms with van der Waals surface area (Å²) in [5, 5.41) is 6.41. The second-order valence-electron chi connectivity index (χ2n) is 3.22. The number of amides is 1. The van der Waals surface area contributed by atoms with Crippen LogP contribution in [0.25, 0.3) is 0 Å². The Labute approximate surface area is 108 Å². The van der Waals surface area contributed by atoms with Gasteiger partial charge in [0.05, 0.1) is 6.21 Å². The van der Waals surface area contributed by atoms with Crippen LogP contribution in [0.4, 0.5) is 0 Å². The molecule has 2 aromatic rings. The van der Waals surface area contributed by atoms with Gasteiger partial charge in [-0.15, -0.1) is 11.3 Å². The first-order chi connectivity index (χ1) is 8.25. The minimum Gasteiger partial charge on any atom is -0.267 e. The van der Waals surface area contributed by atoms with E-state index in [0.717, 1.165) is 4.88 Å². The molecule has 3 nitrogen and oxygen atoms in total. The molecule has 0 fully saturated rings. The number of thiophene rings is 1. The zero-order chi connectivity index (χ0) is 12.1. The lowest BCUT2D eigenvalue weighted by Crippen LogP contribution is -2.17. The fraction of sp³-hybridized carbons (Fsp3) is 0. The number of benzene rings is 1. The van der Waals surface area contributed by atoms with Crippen molar-refractivity contribution < 1.29 is 4.79 Å². The van der Waals surface area contributed by atoms with Gasteiger partial charge in [0.1, 0.15) is 0 Å². The Morgan fingerprint density at radius 1 is 1.29 bits per heavy atom. The van der Waals surface area contributed by atoms with Gasteiger partial charge in [-0.05, 0) is 35.7 Å². The number of nitrogens with zero attached hydrogens (tertiary/aromatic N) is 1. The minimum absolute atomic E-state index is 0.255. The highest BCUT2D eigenvalue weighted by atomic mass is 35.5. The smallest absolute Gasteiger partial charge is 0.267 e. The first-order valence-corrected chi connectivity index (χ1v) is 6.14. The molecule has 0 aliphatic carbocycles. The van der Waals surface area contributed by atoms with Crippen LogP contribution in [0.5, 0.6) is 0 Å². The zero-order valence-electron chi connectivity index (χ0n) is 8.76. The number of carbonyl (C=O) groups is 1. The SMILES string of the molecule is O=C(NN=Cc1cccs1)c1ccc(Cl)cc1. The maximum Gasteiger partial charge on any atom is 0.271 e. The summed E-state index contributed by atoms with van der Waals surface area (Å²) in [5.74, 6) is -0.255. The summed E-state index contributed by atoms with van der Waals surface area (Å²) in [6.45, 7) is 0. The number of hydrazone groups is 1. The fourth-order valence-corrected chi connectivity index (χ4v) is 1.90. The van der Waals surface area contributed by atoms with Gasteiger partial charge in [0.15, 0.2) is 0 Å². The second kappa shape index (κ2) is 5.61. The van der Waals surface area contributed by atoms with E-state index < -0.39 is 0 Å². The summed E-state index contributed by atoms with van der Waals surface area (Å²) < 4.78 is 0. The molecule has 0 saturated heterocycles. The molecule has 1 heterocycles. The van der Waals surface area contributed by atoms with Crippen molar-refractivity contribution in [3.8, 4) is 0 Å². The van der Waals surface area contributed by atoms with Gasteiger partial charge >= 0.3 is 0 Å². The number of halogens is 1. The third-order valence-electron chi connectivity index (χ3n) is 2.01. The van der Waals surface area contributed by atoms with E-state index in [9.17, 15) is 4.79 Å². The highest BCUT2D eigenvalue weighted by Crippen LogP contribution is 2.09. The molecule has 0 saturated carbocycles. The van der Waals surface area contributed by atoms with Crippen molar-refractivity contribution in [1.82, 2.24) is 5.43 Å². The summed E-state index contributed by atoms with van der Waals surface area (Å²) in [4.78, 5) is 12.6. The van der Waals surface area contributed by atoms with Crippen LogP contribution in [0.15, 0.2) is 46.9 Å². The number of hydrogen-bond donors (Lipinski definition) is 1.